The second kappa shape index (κ2) is 14.5. The highest BCUT2D eigenvalue weighted by Gasteiger charge is 2.29. The minimum absolute atomic E-state index is 0.0400. The maximum absolute atomic E-state index is 14.0. The zero-order chi connectivity index (χ0) is 31.9. The number of nitrogens with zero attached hydrogens (tertiary/aromatic N) is 1. The Morgan fingerprint density at radius 2 is 1.31 bits per heavy atom. The van der Waals surface area contributed by atoms with E-state index in [2.05, 4.69) is 18.6 Å². The molecule has 0 spiro atoms. The van der Waals surface area contributed by atoms with Crippen molar-refractivity contribution in [2.45, 2.75) is 85.0 Å². The van der Waals surface area contributed by atoms with Crippen molar-refractivity contribution in [3.8, 4) is 5.75 Å². The molecule has 0 saturated carbocycles. The van der Waals surface area contributed by atoms with Gasteiger partial charge in [-0.05, 0) is 72.9 Å². The first kappa shape index (κ1) is 34.6. The number of sulfonamides is 1. The zero-order valence-electron chi connectivity index (χ0n) is 26.0. The van der Waals surface area contributed by atoms with Crippen LogP contribution in [0, 0.1) is 6.92 Å². The summed E-state index contributed by atoms with van der Waals surface area (Å²) in [7, 11) is -4.16. The van der Waals surface area contributed by atoms with Crippen LogP contribution in [0.1, 0.15) is 106 Å². The van der Waals surface area contributed by atoms with E-state index in [1.54, 1.807) is 13.8 Å². The van der Waals surface area contributed by atoms with Gasteiger partial charge in [-0.25, -0.2) is 8.42 Å². The Hall–Kier alpha value is -3.60. The van der Waals surface area contributed by atoms with Crippen molar-refractivity contribution in [2.75, 3.05) is 31.0 Å². The zero-order valence-corrected chi connectivity index (χ0v) is 26.8. The second-order valence-electron chi connectivity index (χ2n) is 11.1. The molecule has 0 aliphatic rings. The van der Waals surface area contributed by atoms with E-state index < -0.39 is 46.7 Å². The Morgan fingerprint density at radius 1 is 0.833 bits per heavy atom. The van der Waals surface area contributed by atoms with E-state index in [0.29, 0.717) is 11.1 Å². The molecule has 0 aliphatic heterocycles. The van der Waals surface area contributed by atoms with Crippen molar-refractivity contribution in [3.63, 3.8) is 0 Å². The number of hydrogen-bond acceptors (Lipinski definition) is 8. The summed E-state index contributed by atoms with van der Waals surface area (Å²) in [5, 5.41) is 10.8. The quantitative estimate of drug-likeness (QED) is 0.228. The van der Waals surface area contributed by atoms with Crippen LogP contribution in [0.5, 0.6) is 5.75 Å². The van der Waals surface area contributed by atoms with Gasteiger partial charge in [-0.1, -0.05) is 53.7 Å². The molecule has 2 aromatic rings. The van der Waals surface area contributed by atoms with Crippen molar-refractivity contribution in [2.24, 2.45) is 0 Å². The molecule has 0 aromatic heterocycles. The van der Waals surface area contributed by atoms with Gasteiger partial charge in [0.05, 0.1) is 29.4 Å². The van der Waals surface area contributed by atoms with Crippen LogP contribution in [0.3, 0.4) is 0 Å². The number of nitrogens with one attached hydrogen (secondary N) is 1. The number of ether oxygens (including phenoxy) is 2. The molecule has 10 nitrogen and oxygen atoms in total. The molecule has 0 fully saturated rings. The molecule has 2 rings (SSSR count). The van der Waals surface area contributed by atoms with Gasteiger partial charge < -0.3 is 19.5 Å². The first-order chi connectivity index (χ1) is 19.5. The minimum atomic E-state index is -4.16. The molecule has 0 saturated heterocycles. The molecule has 11 heteroatoms. The number of aromatic hydroxyl groups is 1. The smallest absolute Gasteiger partial charge is 0.325 e. The third kappa shape index (κ3) is 8.47. The SMILES string of the molecule is CCOC(=O)CN(CC(=O)OCC)C(=O)c1cc(NS(=O)(=O)c2c(C(C)C)cc(C(C)C)cc2C(C)C)cc(C)c1O. The Bertz CT molecular complexity index is 1370. The van der Waals surface area contributed by atoms with E-state index >= 15 is 0 Å². The van der Waals surface area contributed by atoms with E-state index in [4.69, 9.17) is 9.47 Å². The average molecular weight is 605 g/mol. The maximum atomic E-state index is 14.0. The number of benzene rings is 2. The van der Waals surface area contributed by atoms with E-state index in [-0.39, 0.29) is 52.7 Å². The molecule has 0 bridgehead atoms. The fourth-order valence-corrected chi connectivity index (χ4v) is 6.24. The van der Waals surface area contributed by atoms with Crippen LogP contribution in [-0.4, -0.2) is 62.6 Å². The van der Waals surface area contributed by atoms with Gasteiger partial charge in [-0.2, -0.15) is 0 Å². The van der Waals surface area contributed by atoms with Gasteiger partial charge in [0.25, 0.3) is 15.9 Å². The molecule has 0 radical (unpaired) electrons. The number of amides is 1. The molecule has 0 atom stereocenters. The Balaban J connectivity index is 2.64. The van der Waals surface area contributed by atoms with Gasteiger partial charge in [0.2, 0.25) is 0 Å². The van der Waals surface area contributed by atoms with Crippen molar-refractivity contribution < 1.29 is 37.4 Å². The molecule has 0 aliphatic carbocycles. The largest absolute Gasteiger partial charge is 0.507 e. The van der Waals surface area contributed by atoms with Crippen LogP contribution in [0.4, 0.5) is 5.69 Å². The predicted molar refractivity (Wildman–Crippen MR) is 162 cm³/mol. The lowest BCUT2D eigenvalue weighted by molar-refractivity contribution is -0.147. The summed E-state index contributed by atoms with van der Waals surface area (Å²) in [6.07, 6.45) is 0. The summed E-state index contributed by atoms with van der Waals surface area (Å²) in [5.74, 6) is -2.77. The van der Waals surface area contributed by atoms with Gasteiger partial charge in [0.15, 0.2) is 0 Å². The van der Waals surface area contributed by atoms with Crippen LogP contribution in [0.15, 0.2) is 29.2 Å². The molecule has 232 valence electrons. The number of phenols is 1. The van der Waals surface area contributed by atoms with E-state index in [1.807, 2.05) is 39.8 Å². The van der Waals surface area contributed by atoms with Gasteiger partial charge in [-0.15, -0.1) is 0 Å². The first-order valence-corrected chi connectivity index (χ1v) is 15.7. The molecule has 2 N–H and O–H groups in total. The summed E-state index contributed by atoms with van der Waals surface area (Å²) in [6, 6.07) is 6.46. The van der Waals surface area contributed by atoms with Crippen LogP contribution in [0.2, 0.25) is 0 Å². The number of carbonyl (C=O) groups excluding carboxylic acids is 3. The van der Waals surface area contributed by atoms with Gasteiger partial charge in [0, 0.05) is 0 Å². The van der Waals surface area contributed by atoms with Gasteiger partial charge in [0.1, 0.15) is 18.8 Å². The topological polar surface area (TPSA) is 139 Å². The second-order valence-corrected chi connectivity index (χ2v) is 12.7. The molecule has 1 amide bonds. The number of carbonyl (C=O) groups is 3. The fourth-order valence-electron chi connectivity index (χ4n) is 4.50. The van der Waals surface area contributed by atoms with Crippen molar-refractivity contribution in [1.82, 2.24) is 4.90 Å². The van der Waals surface area contributed by atoms with Crippen molar-refractivity contribution in [1.29, 1.82) is 0 Å². The summed E-state index contributed by atoms with van der Waals surface area (Å²) >= 11 is 0. The van der Waals surface area contributed by atoms with Crippen LogP contribution >= 0.6 is 0 Å². The Labute approximate surface area is 249 Å². The molecular formula is C31H44N2O8S. The normalized spacial score (nSPS) is 11.6. The first-order valence-electron chi connectivity index (χ1n) is 14.2. The molecular weight excluding hydrogens is 560 g/mol. The predicted octanol–water partition coefficient (Wildman–Crippen LogP) is 5.44. The van der Waals surface area contributed by atoms with Crippen molar-refractivity contribution in [3.05, 3.63) is 52.1 Å². The van der Waals surface area contributed by atoms with Crippen LogP contribution in [-0.2, 0) is 29.1 Å². The van der Waals surface area contributed by atoms with Crippen LogP contribution in [0.25, 0.3) is 0 Å². The highest BCUT2D eigenvalue weighted by Crippen LogP contribution is 2.37. The summed E-state index contributed by atoms with van der Waals surface area (Å²) in [6.45, 7) is 15.6. The number of anilines is 1. The van der Waals surface area contributed by atoms with E-state index in [0.717, 1.165) is 10.5 Å². The van der Waals surface area contributed by atoms with Crippen LogP contribution < -0.4 is 4.72 Å². The third-order valence-corrected chi connectivity index (χ3v) is 8.18. The maximum Gasteiger partial charge on any atom is 0.325 e. The number of phenolic OH excluding ortho intramolecular Hbond substituents is 1. The number of rotatable bonds is 13. The minimum Gasteiger partial charge on any atom is -0.507 e. The van der Waals surface area contributed by atoms with E-state index in [9.17, 15) is 27.9 Å². The average Bonchev–Trinajstić information content (AvgIpc) is 2.88. The van der Waals surface area contributed by atoms with Crippen molar-refractivity contribution >= 4 is 33.6 Å². The standard InChI is InChI=1S/C31H44N2O8S/c1-10-40-27(34)16-33(17-28(35)41-11-2)31(37)26-15-23(12-21(9)29(26)36)32-42(38,39)30-24(19(5)6)13-22(18(3)4)14-25(30)20(7)8/h12-15,18-20,32,36H,10-11,16-17H2,1-9H3. The number of hydrogen-bond donors (Lipinski definition) is 2. The monoisotopic (exact) mass is 604 g/mol. The highest BCUT2D eigenvalue weighted by molar-refractivity contribution is 7.92. The molecule has 42 heavy (non-hydrogen) atoms. The van der Waals surface area contributed by atoms with Gasteiger partial charge >= 0.3 is 11.9 Å². The molecule has 0 unspecified atom stereocenters. The number of esters is 2. The fraction of sp³-hybridized carbons (Fsp3) is 0.516. The Kier molecular flexibility index (Phi) is 12.0. The summed E-state index contributed by atoms with van der Waals surface area (Å²) in [5.41, 5.74) is 2.37. The van der Waals surface area contributed by atoms with E-state index in [1.165, 1.54) is 19.1 Å². The molecule has 0 heterocycles. The lowest BCUT2D eigenvalue weighted by Gasteiger charge is -2.24. The number of aryl methyl sites for hydroxylation is 1. The van der Waals surface area contributed by atoms with Gasteiger partial charge in [-0.3, -0.25) is 19.1 Å². The summed E-state index contributed by atoms with van der Waals surface area (Å²) in [4.78, 5) is 39.0. The lowest BCUT2D eigenvalue weighted by Crippen LogP contribution is -2.40. The highest BCUT2D eigenvalue weighted by atomic mass is 32.2. The summed E-state index contributed by atoms with van der Waals surface area (Å²) < 4.78 is 40.5. The Morgan fingerprint density at radius 3 is 1.71 bits per heavy atom. The molecule has 2 aromatic carbocycles. The lowest BCUT2D eigenvalue weighted by atomic mass is 9.89. The third-order valence-electron chi connectivity index (χ3n) is 6.67.